The van der Waals surface area contributed by atoms with Crippen LogP contribution in [0.25, 0.3) is 0 Å². The summed E-state index contributed by atoms with van der Waals surface area (Å²) in [5.41, 5.74) is 0. The standard InChI is InChI=1S/C12H22O3/c1-4-6-7-11(9-8-10(3)13)12(14)15-5-2/h11H,4-9H2,1-3H3. The summed E-state index contributed by atoms with van der Waals surface area (Å²) in [6, 6.07) is 0. The number of ketones is 1. The van der Waals surface area contributed by atoms with Gasteiger partial charge in [-0.05, 0) is 26.7 Å². The van der Waals surface area contributed by atoms with Crippen LogP contribution in [0, 0.1) is 5.92 Å². The Morgan fingerprint density at radius 3 is 2.33 bits per heavy atom. The molecule has 0 aromatic carbocycles. The van der Waals surface area contributed by atoms with Crippen molar-refractivity contribution in [1.82, 2.24) is 0 Å². The maximum Gasteiger partial charge on any atom is 0.308 e. The van der Waals surface area contributed by atoms with Gasteiger partial charge in [0.25, 0.3) is 0 Å². The van der Waals surface area contributed by atoms with Crippen LogP contribution in [0.1, 0.15) is 52.9 Å². The van der Waals surface area contributed by atoms with E-state index in [1.165, 1.54) is 0 Å². The Morgan fingerprint density at radius 1 is 1.20 bits per heavy atom. The molecule has 0 amide bonds. The number of esters is 1. The third-order valence-electron chi connectivity index (χ3n) is 2.37. The summed E-state index contributed by atoms with van der Waals surface area (Å²) in [5.74, 6) is -0.0956. The van der Waals surface area contributed by atoms with Crippen molar-refractivity contribution in [2.24, 2.45) is 5.92 Å². The zero-order valence-electron chi connectivity index (χ0n) is 10.0. The SMILES string of the molecule is CCCCC(CCC(C)=O)C(=O)OCC. The van der Waals surface area contributed by atoms with Gasteiger partial charge in [0, 0.05) is 6.42 Å². The van der Waals surface area contributed by atoms with Crippen molar-refractivity contribution in [2.75, 3.05) is 6.61 Å². The van der Waals surface area contributed by atoms with Crippen molar-refractivity contribution in [3.8, 4) is 0 Å². The second-order valence-corrected chi connectivity index (χ2v) is 3.83. The maximum absolute atomic E-state index is 11.5. The quantitative estimate of drug-likeness (QED) is 0.583. The lowest BCUT2D eigenvalue weighted by Crippen LogP contribution is -2.18. The highest BCUT2D eigenvalue weighted by molar-refractivity contribution is 5.77. The molecule has 1 unspecified atom stereocenters. The first kappa shape index (κ1) is 14.1. The van der Waals surface area contributed by atoms with Crippen LogP contribution in [0.5, 0.6) is 0 Å². The first-order chi connectivity index (χ1) is 7.11. The van der Waals surface area contributed by atoms with Gasteiger partial charge >= 0.3 is 5.97 Å². The van der Waals surface area contributed by atoms with Crippen LogP contribution in [0.4, 0.5) is 0 Å². The summed E-state index contributed by atoms with van der Waals surface area (Å²) < 4.78 is 4.98. The molecule has 0 aliphatic rings. The predicted octanol–water partition coefficient (Wildman–Crippen LogP) is 2.73. The molecule has 0 radical (unpaired) electrons. The highest BCUT2D eigenvalue weighted by Gasteiger charge is 2.19. The van der Waals surface area contributed by atoms with Crippen molar-refractivity contribution < 1.29 is 14.3 Å². The number of hydrogen-bond acceptors (Lipinski definition) is 3. The van der Waals surface area contributed by atoms with E-state index in [0.29, 0.717) is 19.4 Å². The Labute approximate surface area is 92.2 Å². The molecule has 0 aromatic rings. The van der Waals surface area contributed by atoms with E-state index in [-0.39, 0.29) is 17.7 Å². The molecule has 0 saturated carbocycles. The largest absolute Gasteiger partial charge is 0.466 e. The molecule has 88 valence electrons. The fourth-order valence-corrected chi connectivity index (χ4v) is 1.47. The van der Waals surface area contributed by atoms with Gasteiger partial charge in [-0.2, -0.15) is 0 Å². The van der Waals surface area contributed by atoms with E-state index in [0.717, 1.165) is 19.3 Å². The van der Waals surface area contributed by atoms with E-state index in [9.17, 15) is 9.59 Å². The summed E-state index contributed by atoms with van der Waals surface area (Å²) >= 11 is 0. The molecule has 0 saturated heterocycles. The van der Waals surface area contributed by atoms with Crippen LogP contribution in [0.3, 0.4) is 0 Å². The van der Waals surface area contributed by atoms with Gasteiger partial charge in [-0.3, -0.25) is 4.79 Å². The number of carbonyl (C=O) groups is 2. The Hall–Kier alpha value is -0.860. The minimum Gasteiger partial charge on any atom is -0.466 e. The van der Waals surface area contributed by atoms with E-state index in [4.69, 9.17) is 4.74 Å². The van der Waals surface area contributed by atoms with Gasteiger partial charge in [0.15, 0.2) is 0 Å². The van der Waals surface area contributed by atoms with Crippen molar-refractivity contribution in [2.45, 2.75) is 52.9 Å². The molecule has 0 N–H and O–H groups in total. The second kappa shape index (κ2) is 8.45. The van der Waals surface area contributed by atoms with Crippen molar-refractivity contribution in [1.29, 1.82) is 0 Å². The monoisotopic (exact) mass is 214 g/mol. The Morgan fingerprint density at radius 2 is 1.87 bits per heavy atom. The molecule has 3 nitrogen and oxygen atoms in total. The lowest BCUT2D eigenvalue weighted by molar-refractivity contribution is -0.148. The smallest absolute Gasteiger partial charge is 0.308 e. The third-order valence-corrected chi connectivity index (χ3v) is 2.37. The first-order valence-electron chi connectivity index (χ1n) is 5.77. The van der Waals surface area contributed by atoms with Crippen LogP contribution >= 0.6 is 0 Å². The fourth-order valence-electron chi connectivity index (χ4n) is 1.47. The summed E-state index contributed by atoms with van der Waals surface area (Å²) in [7, 11) is 0. The van der Waals surface area contributed by atoms with Crippen LogP contribution in [0.15, 0.2) is 0 Å². The third kappa shape index (κ3) is 7.11. The zero-order chi connectivity index (χ0) is 11.7. The Bertz CT molecular complexity index is 199. The van der Waals surface area contributed by atoms with E-state index >= 15 is 0 Å². The van der Waals surface area contributed by atoms with E-state index in [2.05, 4.69) is 6.92 Å². The van der Waals surface area contributed by atoms with Gasteiger partial charge in [-0.25, -0.2) is 0 Å². The molecule has 0 aliphatic carbocycles. The first-order valence-corrected chi connectivity index (χ1v) is 5.77. The number of rotatable bonds is 8. The molecule has 15 heavy (non-hydrogen) atoms. The van der Waals surface area contributed by atoms with Crippen molar-refractivity contribution >= 4 is 11.8 Å². The molecule has 1 atom stereocenters. The summed E-state index contributed by atoms with van der Waals surface area (Å²) in [4.78, 5) is 22.4. The van der Waals surface area contributed by atoms with E-state index < -0.39 is 0 Å². The lowest BCUT2D eigenvalue weighted by atomic mass is 9.96. The normalized spacial score (nSPS) is 12.2. The van der Waals surface area contributed by atoms with Gasteiger partial charge in [0.1, 0.15) is 5.78 Å². The molecule has 0 aromatic heterocycles. The number of ether oxygens (including phenoxy) is 1. The van der Waals surface area contributed by atoms with Crippen LogP contribution in [-0.2, 0) is 14.3 Å². The molecule has 0 bridgehead atoms. The molecule has 0 fully saturated rings. The van der Waals surface area contributed by atoms with E-state index in [1.54, 1.807) is 13.8 Å². The lowest BCUT2D eigenvalue weighted by Gasteiger charge is -2.14. The van der Waals surface area contributed by atoms with Crippen molar-refractivity contribution in [3.63, 3.8) is 0 Å². The minimum atomic E-state index is -0.146. The van der Waals surface area contributed by atoms with Crippen LogP contribution in [-0.4, -0.2) is 18.4 Å². The highest BCUT2D eigenvalue weighted by Crippen LogP contribution is 2.17. The molecular formula is C12H22O3. The number of unbranched alkanes of at least 4 members (excludes halogenated alkanes) is 1. The van der Waals surface area contributed by atoms with Crippen molar-refractivity contribution in [3.05, 3.63) is 0 Å². The number of carbonyl (C=O) groups excluding carboxylic acids is 2. The van der Waals surface area contributed by atoms with Gasteiger partial charge < -0.3 is 9.53 Å². The van der Waals surface area contributed by atoms with Gasteiger partial charge in [0.05, 0.1) is 12.5 Å². The molecule has 3 heteroatoms. The van der Waals surface area contributed by atoms with Crippen LogP contribution < -0.4 is 0 Å². The Balaban J connectivity index is 4.04. The maximum atomic E-state index is 11.5. The molecule has 0 spiro atoms. The molecule has 0 rings (SSSR count). The van der Waals surface area contributed by atoms with E-state index in [1.807, 2.05) is 0 Å². The summed E-state index contributed by atoms with van der Waals surface area (Å²) in [6.07, 6.45) is 4.03. The molecular weight excluding hydrogens is 192 g/mol. The molecule has 0 heterocycles. The van der Waals surface area contributed by atoms with Gasteiger partial charge in [-0.1, -0.05) is 19.8 Å². The predicted molar refractivity (Wildman–Crippen MR) is 59.6 cm³/mol. The topological polar surface area (TPSA) is 43.4 Å². The summed E-state index contributed by atoms with van der Waals surface area (Å²) in [6.45, 7) is 5.87. The highest BCUT2D eigenvalue weighted by atomic mass is 16.5. The van der Waals surface area contributed by atoms with Gasteiger partial charge in [0.2, 0.25) is 0 Å². The molecule has 0 aliphatic heterocycles. The minimum absolute atomic E-state index is 0.0891. The zero-order valence-corrected chi connectivity index (χ0v) is 10.0. The second-order valence-electron chi connectivity index (χ2n) is 3.83. The van der Waals surface area contributed by atoms with Crippen LogP contribution in [0.2, 0.25) is 0 Å². The number of Topliss-reactive ketones (excluding diaryl/α,β-unsaturated/α-hetero) is 1. The fraction of sp³-hybridized carbons (Fsp3) is 0.833. The average Bonchev–Trinajstić information content (AvgIpc) is 2.17. The summed E-state index contributed by atoms with van der Waals surface area (Å²) in [5, 5.41) is 0. The number of hydrogen-bond donors (Lipinski definition) is 0. The van der Waals surface area contributed by atoms with Gasteiger partial charge in [-0.15, -0.1) is 0 Å². The Kier molecular flexibility index (Phi) is 7.96. The average molecular weight is 214 g/mol.